The lowest BCUT2D eigenvalue weighted by Gasteiger charge is -2.47. The highest BCUT2D eigenvalue weighted by molar-refractivity contribution is 5.93. The van der Waals surface area contributed by atoms with Crippen LogP contribution in [0.3, 0.4) is 0 Å². The van der Waals surface area contributed by atoms with E-state index in [1.54, 1.807) is 29.2 Å². The van der Waals surface area contributed by atoms with E-state index in [9.17, 15) is 18.4 Å². The van der Waals surface area contributed by atoms with Gasteiger partial charge in [0.25, 0.3) is 0 Å². The molecule has 2 heterocycles. The Bertz CT molecular complexity index is 1280. The van der Waals surface area contributed by atoms with Crippen molar-refractivity contribution < 1.29 is 32.6 Å². The summed E-state index contributed by atoms with van der Waals surface area (Å²) < 4.78 is 45.0. The van der Waals surface area contributed by atoms with Gasteiger partial charge >= 0.3 is 17.8 Å². The van der Waals surface area contributed by atoms with Gasteiger partial charge in [-0.05, 0) is 60.3 Å². The summed E-state index contributed by atoms with van der Waals surface area (Å²) in [6.45, 7) is 2.52. The fourth-order valence-corrected chi connectivity index (χ4v) is 5.19. The van der Waals surface area contributed by atoms with Gasteiger partial charge in [0.05, 0.1) is 13.2 Å². The van der Waals surface area contributed by atoms with Gasteiger partial charge in [0, 0.05) is 31.8 Å². The van der Waals surface area contributed by atoms with Gasteiger partial charge in [0.2, 0.25) is 0 Å². The Morgan fingerprint density at radius 3 is 1.95 bits per heavy atom. The number of hydrogen-bond donors (Lipinski definition) is 0. The van der Waals surface area contributed by atoms with Crippen LogP contribution in [0, 0.1) is 11.6 Å². The van der Waals surface area contributed by atoms with Gasteiger partial charge in [-0.25, -0.2) is 23.3 Å². The average molecular weight is 563 g/mol. The second-order valence-corrected chi connectivity index (χ2v) is 10.1. The molecule has 3 aromatic rings. The predicted octanol–water partition coefficient (Wildman–Crippen LogP) is 4.63. The molecule has 0 aromatic heterocycles. The molecule has 7 nitrogen and oxygen atoms in total. The number of piperazine rings is 1. The molecule has 0 saturated carbocycles. The zero-order valence-electron chi connectivity index (χ0n) is 22.6. The quantitative estimate of drug-likeness (QED) is 0.334. The lowest BCUT2D eigenvalue weighted by atomic mass is 10.0. The Morgan fingerprint density at radius 2 is 1.37 bits per heavy atom. The van der Waals surface area contributed by atoms with Gasteiger partial charge < -0.3 is 14.2 Å². The largest absolute Gasteiger partial charge is 0.404 e. The van der Waals surface area contributed by atoms with E-state index in [2.05, 4.69) is 17.0 Å². The van der Waals surface area contributed by atoms with Crippen molar-refractivity contribution in [3.8, 4) is 0 Å². The van der Waals surface area contributed by atoms with Crippen LogP contribution in [0.2, 0.25) is 0 Å². The molecule has 0 bridgehead atoms. The molecule has 214 valence electrons. The maximum absolute atomic E-state index is 13.6. The first-order chi connectivity index (χ1) is 19.9. The van der Waals surface area contributed by atoms with Crippen molar-refractivity contribution in [3.05, 3.63) is 119 Å². The number of nitrogens with zero attached hydrogens (tertiary/aromatic N) is 2. The van der Waals surface area contributed by atoms with E-state index in [0.29, 0.717) is 24.2 Å². The van der Waals surface area contributed by atoms with Crippen molar-refractivity contribution in [2.45, 2.75) is 24.9 Å². The minimum atomic E-state index is -1.60. The molecule has 41 heavy (non-hydrogen) atoms. The fourth-order valence-electron chi connectivity index (χ4n) is 5.19. The highest BCUT2D eigenvalue weighted by atomic mass is 19.1. The lowest BCUT2D eigenvalue weighted by molar-refractivity contribution is -0.301. The molecule has 2 aliphatic rings. The number of hydrogen-bond acceptors (Lipinski definition) is 7. The normalized spacial score (nSPS) is 17.4. The van der Waals surface area contributed by atoms with Gasteiger partial charge in [-0.1, -0.05) is 54.6 Å². The van der Waals surface area contributed by atoms with E-state index in [1.165, 1.54) is 29.8 Å². The number of benzene rings is 3. The van der Waals surface area contributed by atoms with Crippen LogP contribution in [0.5, 0.6) is 0 Å². The van der Waals surface area contributed by atoms with Crippen molar-refractivity contribution in [3.63, 3.8) is 0 Å². The molecule has 0 N–H and O–H groups in total. The van der Waals surface area contributed by atoms with Gasteiger partial charge in [-0.3, -0.25) is 4.90 Å². The average Bonchev–Trinajstić information content (AvgIpc) is 3.11. The number of carbonyl (C=O) groups excluding carboxylic acids is 2. The first kappa shape index (κ1) is 28.6. The van der Waals surface area contributed by atoms with Crippen LogP contribution in [-0.2, 0) is 30.2 Å². The van der Waals surface area contributed by atoms with Crippen LogP contribution < -0.4 is 0 Å². The maximum Gasteiger partial charge on any atom is 0.335 e. The molecular weight excluding hydrogens is 530 g/mol. The Hall–Kier alpha value is -3.92. The van der Waals surface area contributed by atoms with Crippen molar-refractivity contribution in [2.24, 2.45) is 0 Å². The minimum Gasteiger partial charge on any atom is -0.404 e. The summed E-state index contributed by atoms with van der Waals surface area (Å²) in [7, 11) is 0. The second-order valence-electron chi connectivity index (χ2n) is 10.1. The van der Waals surface area contributed by atoms with Crippen LogP contribution in [0.15, 0.2) is 91.0 Å². The minimum absolute atomic E-state index is 0.164. The number of rotatable bonds is 10. The molecule has 1 spiro atoms. The third-order valence-electron chi connectivity index (χ3n) is 7.24. The Balaban J connectivity index is 1.28. The molecule has 5 rings (SSSR count). The van der Waals surface area contributed by atoms with Crippen LogP contribution in [0.25, 0.3) is 0 Å². The second kappa shape index (κ2) is 13.2. The van der Waals surface area contributed by atoms with E-state index in [0.717, 1.165) is 31.5 Å². The number of ether oxygens (including phenoxy) is 3. The lowest BCUT2D eigenvalue weighted by Crippen LogP contribution is -2.66. The molecule has 2 aliphatic heterocycles. The molecule has 0 amide bonds. The Labute approximate surface area is 237 Å². The molecular formula is C32H32F2N2O5. The molecule has 1 saturated heterocycles. The van der Waals surface area contributed by atoms with Crippen LogP contribution >= 0.6 is 0 Å². The zero-order valence-corrected chi connectivity index (χ0v) is 22.6. The van der Waals surface area contributed by atoms with E-state index >= 15 is 0 Å². The van der Waals surface area contributed by atoms with Crippen molar-refractivity contribution in [1.82, 2.24) is 9.80 Å². The summed E-state index contributed by atoms with van der Waals surface area (Å²) in [5.74, 6) is -3.68. The van der Waals surface area contributed by atoms with Crippen molar-refractivity contribution in [1.29, 1.82) is 0 Å². The highest BCUT2D eigenvalue weighted by Gasteiger charge is 2.49. The first-order valence-electron chi connectivity index (χ1n) is 13.7. The highest BCUT2D eigenvalue weighted by Crippen LogP contribution is 2.30. The summed E-state index contributed by atoms with van der Waals surface area (Å²) in [6, 6.07) is 22.1. The molecule has 0 radical (unpaired) electrons. The smallest absolute Gasteiger partial charge is 0.335 e. The van der Waals surface area contributed by atoms with Crippen molar-refractivity contribution >= 4 is 11.9 Å². The monoisotopic (exact) mass is 562 g/mol. The van der Waals surface area contributed by atoms with Crippen LogP contribution in [-0.4, -0.2) is 67.0 Å². The summed E-state index contributed by atoms with van der Waals surface area (Å²) in [5, 5.41) is 0. The fraction of sp³-hybridized carbons (Fsp3) is 0.312. The maximum atomic E-state index is 13.6. The van der Waals surface area contributed by atoms with E-state index in [-0.39, 0.29) is 31.3 Å². The molecule has 1 fully saturated rings. The number of halogens is 2. The topological polar surface area (TPSA) is 68.3 Å². The van der Waals surface area contributed by atoms with Gasteiger partial charge in [-0.15, -0.1) is 0 Å². The van der Waals surface area contributed by atoms with Crippen LogP contribution in [0.4, 0.5) is 8.78 Å². The van der Waals surface area contributed by atoms with Gasteiger partial charge in [-0.2, -0.15) is 0 Å². The van der Waals surface area contributed by atoms with Crippen LogP contribution in [0.1, 0.15) is 29.2 Å². The number of esters is 2. The number of aryl methyl sites for hydroxylation is 1. The van der Waals surface area contributed by atoms with E-state index < -0.39 is 24.0 Å². The number of carbonyl (C=O) groups is 2. The van der Waals surface area contributed by atoms with Crippen molar-refractivity contribution in [2.75, 3.05) is 39.3 Å². The standard InChI is InChI=1S/C32H32F2N2O5/c33-27-12-8-25(9-13-27)31(26-10-14-28(34)15-11-26)39-22-21-36-20-19-35(18-4-7-24-5-2-1-3-6-24)23-32(36)40-29(37)16-17-30(38)41-32/h1-3,5-6,8-17,31H,4,7,18-23H2. The summed E-state index contributed by atoms with van der Waals surface area (Å²) in [5.41, 5.74) is 2.64. The molecule has 3 aromatic carbocycles. The molecule has 0 unspecified atom stereocenters. The molecule has 0 aliphatic carbocycles. The third kappa shape index (κ3) is 7.43. The zero-order chi connectivity index (χ0) is 28.7. The van der Waals surface area contributed by atoms with E-state index in [4.69, 9.17) is 14.2 Å². The Morgan fingerprint density at radius 1 is 0.780 bits per heavy atom. The van der Waals surface area contributed by atoms with Gasteiger partial charge in [0.1, 0.15) is 17.7 Å². The molecule has 9 heteroatoms. The summed E-state index contributed by atoms with van der Waals surface area (Å²) in [4.78, 5) is 28.9. The summed E-state index contributed by atoms with van der Waals surface area (Å²) >= 11 is 0. The Kier molecular flexibility index (Phi) is 9.18. The predicted molar refractivity (Wildman–Crippen MR) is 147 cm³/mol. The summed E-state index contributed by atoms with van der Waals surface area (Å²) in [6.07, 6.45) is 3.34. The SMILES string of the molecule is O=C1C=CC(=O)OC2(CN(CCCc3ccccc3)CCN2CCOC(c2ccc(F)cc2)c2ccc(F)cc2)O1. The van der Waals surface area contributed by atoms with E-state index in [1.807, 2.05) is 18.2 Å². The first-order valence-corrected chi connectivity index (χ1v) is 13.7. The third-order valence-corrected chi connectivity index (χ3v) is 7.24. The molecule has 0 atom stereocenters. The van der Waals surface area contributed by atoms with Gasteiger partial charge in [0.15, 0.2) is 0 Å².